The van der Waals surface area contributed by atoms with Gasteiger partial charge >= 0.3 is 0 Å². The summed E-state index contributed by atoms with van der Waals surface area (Å²) in [6, 6.07) is 7.66. The van der Waals surface area contributed by atoms with Gasteiger partial charge in [-0.1, -0.05) is 18.2 Å². The third-order valence-electron chi connectivity index (χ3n) is 5.39. The lowest BCUT2D eigenvalue weighted by atomic mass is 9.58. The number of rotatable bonds is 3. The summed E-state index contributed by atoms with van der Waals surface area (Å²) in [5.74, 6) is 0.880. The number of aliphatic hydroxyl groups is 1. The van der Waals surface area contributed by atoms with Crippen LogP contribution in [0.15, 0.2) is 36.9 Å². The first-order chi connectivity index (χ1) is 10.1. The minimum atomic E-state index is -0.213. The van der Waals surface area contributed by atoms with Gasteiger partial charge in [0.2, 0.25) is 0 Å². The Bertz CT molecular complexity index is 516. The molecule has 1 aromatic carbocycles. The summed E-state index contributed by atoms with van der Waals surface area (Å²) in [5.41, 5.74) is 1.22. The van der Waals surface area contributed by atoms with Crippen molar-refractivity contribution in [2.75, 3.05) is 19.6 Å². The number of aliphatic hydroxyl groups excluding tert-OH is 1. The Morgan fingerprint density at radius 1 is 1.38 bits per heavy atom. The number of piperidine rings is 1. The summed E-state index contributed by atoms with van der Waals surface area (Å²) < 4.78 is 0. The zero-order valence-electron chi connectivity index (χ0n) is 12.5. The standard InChI is InChI=1S/C18H25NO2/c1-2-9-19-10-8-18(14-4-3-5-16(20)11-14)12-17(21)7-6-15(18)13-19/h2-5,11,15,17,20-21H,1,6-10,12-13H2/t15-,17?,18-/m0/s1. The number of hydrogen-bond donors (Lipinski definition) is 2. The highest BCUT2D eigenvalue weighted by Crippen LogP contribution is 2.49. The van der Waals surface area contributed by atoms with Crippen LogP contribution in [0.25, 0.3) is 0 Å². The molecule has 0 bridgehead atoms. The van der Waals surface area contributed by atoms with Crippen molar-refractivity contribution in [3.63, 3.8) is 0 Å². The van der Waals surface area contributed by atoms with Gasteiger partial charge in [0.25, 0.3) is 0 Å². The molecule has 2 N–H and O–H groups in total. The largest absolute Gasteiger partial charge is 0.508 e. The van der Waals surface area contributed by atoms with Gasteiger partial charge in [0.1, 0.15) is 5.75 Å². The van der Waals surface area contributed by atoms with E-state index >= 15 is 0 Å². The Morgan fingerprint density at radius 3 is 3.00 bits per heavy atom. The number of nitrogens with zero attached hydrogens (tertiary/aromatic N) is 1. The van der Waals surface area contributed by atoms with Crippen molar-refractivity contribution in [2.45, 2.75) is 37.2 Å². The first-order valence-corrected chi connectivity index (χ1v) is 7.95. The molecule has 3 atom stereocenters. The van der Waals surface area contributed by atoms with Crippen molar-refractivity contribution in [2.24, 2.45) is 5.92 Å². The molecule has 2 fully saturated rings. The van der Waals surface area contributed by atoms with Gasteiger partial charge in [-0.2, -0.15) is 0 Å². The lowest BCUT2D eigenvalue weighted by Crippen LogP contribution is -2.53. The summed E-state index contributed by atoms with van der Waals surface area (Å²) >= 11 is 0. The van der Waals surface area contributed by atoms with Crippen molar-refractivity contribution in [1.29, 1.82) is 0 Å². The second-order valence-electron chi connectivity index (χ2n) is 6.64. The van der Waals surface area contributed by atoms with Crippen LogP contribution in [0.2, 0.25) is 0 Å². The third-order valence-corrected chi connectivity index (χ3v) is 5.39. The number of hydrogen-bond acceptors (Lipinski definition) is 3. The van der Waals surface area contributed by atoms with Crippen LogP contribution in [0.5, 0.6) is 5.75 Å². The molecule has 114 valence electrons. The molecule has 0 amide bonds. The smallest absolute Gasteiger partial charge is 0.115 e. The molecule has 1 heterocycles. The van der Waals surface area contributed by atoms with Crippen LogP contribution in [0.3, 0.4) is 0 Å². The molecule has 1 saturated carbocycles. The summed E-state index contributed by atoms with van der Waals surface area (Å²) in [7, 11) is 0. The molecule has 21 heavy (non-hydrogen) atoms. The maximum absolute atomic E-state index is 10.2. The molecular weight excluding hydrogens is 262 g/mol. The first-order valence-electron chi connectivity index (χ1n) is 7.95. The van der Waals surface area contributed by atoms with Crippen LogP contribution in [-0.2, 0) is 5.41 Å². The second-order valence-corrected chi connectivity index (χ2v) is 6.64. The van der Waals surface area contributed by atoms with Crippen molar-refractivity contribution in [3.05, 3.63) is 42.5 Å². The summed E-state index contributed by atoms with van der Waals surface area (Å²) in [6.45, 7) is 6.88. The number of phenols is 1. The van der Waals surface area contributed by atoms with Gasteiger partial charge in [-0.15, -0.1) is 6.58 Å². The summed E-state index contributed by atoms with van der Waals surface area (Å²) in [4.78, 5) is 2.45. The van der Waals surface area contributed by atoms with Crippen LogP contribution >= 0.6 is 0 Å². The van der Waals surface area contributed by atoms with Crippen molar-refractivity contribution < 1.29 is 10.2 Å². The van der Waals surface area contributed by atoms with Gasteiger partial charge in [-0.05, 0) is 55.8 Å². The minimum Gasteiger partial charge on any atom is -0.508 e. The Labute approximate surface area is 126 Å². The van der Waals surface area contributed by atoms with E-state index in [0.717, 1.165) is 45.3 Å². The number of aromatic hydroxyl groups is 1. The maximum atomic E-state index is 10.2. The molecule has 3 rings (SSSR count). The van der Waals surface area contributed by atoms with E-state index in [0.29, 0.717) is 11.7 Å². The van der Waals surface area contributed by atoms with E-state index in [-0.39, 0.29) is 11.5 Å². The lowest BCUT2D eigenvalue weighted by Gasteiger charge is -2.52. The monoisotopic (exact) mass is 287 g/mol. The fraction of sp³-hybridized carbons (Fsp3) is 0.556. The van der Waals surface area contributed by atoms with E-state index in [2.05, 4.69) is 17.5 Å². The van der Waals surface area contributed by atoms with Crippen LogP contribution in [0.1, 0.15) is 31.2 Å². The zero-order chi connectivity index (χ0) is 14.9. The van der Waals surface area contributed by atoms with Crippen LogP contribution in [-0.4, -0.2) is 40.9 Å². The topological polar surface area (TPSA) is 43.7 Å². The molecular formula is C18H25NO2. The molecule has 3 nitrogen and oxygen atoms in total. The SMILES string of the molecule is C=CCN1CC[C@@]2(c3cccc(O)c3)CC(O)CC[C@H]2C1. The Balaban J connectivity index is 1.93. The second kappa shape index (κ2) is 5.82. The minimum absolute atomic E-state index is 0.0219. The number of benzene rings is 1. The predicted molar refractivity (Wildman–Crippen MR) is 84.4 cm³/mol. The molecule has 0 aromatic heterocycles. The molecule has 1 aromatic rings. The first kappa shape index (κ1) is 14.6. The quantitative estimate of drug-likeness (QED) is 0.840. The van der Waals surface area contributed by atoms with Crippen molar-refractivity contribution >= 4 is 0 Å². The van der Waals surface area contributed by atoms with E-state index in [1.54, 1.807) is 6.07 Å². The third kappa shape index (κ3) is 2.72. The lowest BCUT2D eigenvalue weighted by molar-refractivity contribution is -0.000721. The van der Waals surface area contributed by atoms with Gasteiger partial charge in [0, 0.05) is 18.5 Å². The normalized spacial score (nSPS) is 33.4. The predicted octanol–water partition coefficient (Wildman–Crippen LogP) is 2.68. The van der Waals surface area contributed by atoms with E-state index in [9.17, 15) is 10.2 Å². The van der Waals surface area contributed by atoms with Gasteiger partial charge in [-0.25, -0.2) is 0 Å². The van der Waals surface area contributed by atoms with E-state index < -0.39 is 0 Å². The number of phenolic OH excluding ortho intramolecular Hbond substituents is 1. The van der Waals surface area contributed by atoms with E-state index in [4.69, 9.17) is 0 Å². The molecule has 1 unspecified atom stereocenters. The van der Waals surface area contributed by atoms with Gasteiger partial charge in [0.05, 0.1) is 6.10 Å². The van der Waals surface area contributed by atoms with Gasteiger partial charge in [-0.3, -0.25) is 4.90 Å². The molecule has 0 radical (unpaired) electrons. The summed E-state index contributed by atoms with van der Waals surface area (Å²) in [5, 5.41) is 20.1. The molecule has 0 spiro atoms. The number of likely N-dealkylation sites (tertiary alicyclic amines) is 1. The van der Waals surface area contributed by atoms with Crippen LogP contribution in [0.4, 0.5) is 0 Å². The molecule has 2 aliphatic rings. The highest BCUT2D eigenvalue weighted by atomic mass is 16.3. The highest BCUT2D eigenvalue weighted by molar-refractivity contribution is 5.35. The van der Waals surface area contributed by atoms with Crippen molar-refractivity contribution in [3.8, 4) is 5.75 Å². The zero-order valence-corrected chi connectivity index (χ0v) is 12.5. The molecule has 3 heteroatoms. The maximum Gasteiger partial charge on any atom is 0.115 e. The Kier molecular flexibility index (Phi) is 4.05. The van der Waals surface area contributed by atoms with Crippen LogP contribution in [0, 0.1) is 5.92 Å². The van der Waals surface area contributed by atoms with E-state index in [1.165, 1.54) is 5.56 Å². The highest BCUT2D eigenvalue weighted by Gasteiger charge is 2.47. The average molecular weight is 287 g/mol. The Morgan fingerprint density at radius 2 is 2.24 bits per heavy atom. The molecule has 1 aliphatic carbocycles. The molecule has 1 saturated heterocycles. The van der Waals surface area contributed by atoms with Crippen LogP contribution < -0.4 is 0 Å². The summed E-state index contributed by atoms with van der Waals surface area (Å²) in [6.07, 6.45) is 5.58. The van der Waals surface area contributed by atoms with Gasteiger partial charge < -0.3 is 10.2 Å². The average Bonchev–Trinajstić information content (AvgIpc) is 2.48. The fourth-order valence-electron chi connectivity index (χ4n) is 4.35. The van der Waals surface area contributed by atoms with Gasteiger partial charge in [0.15, 0.2) is 0 Å². The number of fused-ring (bicyclic) bond motifs is 1. The van der Waals surface area contributed by atoms with E-state index in [1.807, 2.05) is 18.2 Å². The van der Waals surface area contributed by atoms with Crippen molar-refractivity contribution in [1.82, 2.24) is 4.90 Å². The molecule has 1 aliphatic heterocycles. The fourth-order valence-corrected chi connectivity index (χ4v) is 4.35. The Hall–Kier alpha value is -1.32.